The van der Waals surface area contributed by atoms with E-state index in [2.05, 4.69) is 0 Å². The number of sulfonamides is 1. The predicted molar refractivity (Wildman–Crippen MR) is 124 cm³/mol. The van der Waals surface area contributed by atoms with Crippen molar-refractivity contribution in [2.24, 2.45) is 5.92 Å². The molecule has 0 N–H and O–H groups in total. The lowest BCUT2D eigenvalue weighted by atomic mass is 9.97. The molecule has 0 spiro atoms. The summed E-state index contributed by atoms with van der Waals surface area (Å²) in [6, 6.07) is 12.2. The Bertz CT molecular complexity index is 1080. The van der Waals surface area contributed by atoms with Gasteiger partial charge in [0.25, 0.3) is 10.0 Å². The molecule has 2 aromatic rings. The number of ether oxygens (including phenoxy) is 2. The van der Waals surface area contributed by atoms with E-state index in [-0.39, 0.29) is 16.7 Å². The number of fused-ring (bicyclic) bond motifs is 1. The van der Waals surface area contributed by atoms with Gasteiger partial charge in [0.2, 0.25) is 0 Å². The molecule has 1 fully saturated rings. The van der Waals surface area contributed by atoms with Crippen LogP contribution in [0.4, 0.5) is 5.69 Å². The Balaban J connectivity index is 1.66. The minimum Gasteiger partial charge on any atom is -0.493 e. The van der Waals surface area contributed by atoms with Crippen molar-refractivity contribution in [1.29, 1.82) is 0 Å². The number of Topliss-reactive ketones (excluding diaryl/α,β-unsaturated/α-hetero) is 1. The van der Waals surface area contributed by atoms with E-state index >= 15 is 0 Å². The number of hydrogen-bond donors (Lipinski definition) is 0. The number of ketones is 1. The van der Waals surface area contributed by atoms with E-state index in [4.69, 9.17) is 9.47 Å². The lowest BCUT2D eigenvalue weighted by Crippen LogP contribution is -2.43. The molecule has 4 rings (SSSR count). The second kappa shape index (κ2) is 9.63. The van der Waals surface area contributed by atoms with Crippen LogP contribution in [0, 0.1) is 5.92 Å². The van der Waals surface area contributed by atoms with Gasteiger partial charge in [-0.05, 0) is 74.8 Å². The van der Waals surface area contributed by atoms with Crippen LogP contribution >= 0.6 is 0 Å². The molecule has 2 aliphatic rings. The van der Waals surface area contributed by atoms with Crippen molar-refractivity contribution in [3.8, 4) is 5.75 Å². The zero-order valence-corrected chi connectivity index (χ0v) is 19.6. The molecule has 0 radical (unpaired) electrons. The Labute approximate surface area is 190 Å². The zero-order valence-electron chi connectivity index (χ0n) is 18.7. The van der Waals surface area contributed by atoms with Crippen molar-refractivity contribution in [2.45, 2.75) is 56.9 Å². The lowest BCUT2D eigenvalue weighted by Gasteiger charge is -2.37. The molecule has 0 saturated carbocycles. The first kappa shape index (κ1) is 22.8. The third kappa shape index (κ3) is 4.55. The normalized spacial score (nSPS) is 19.4. The van der Waals surface area contributed by atoms with Crippen LogP contribution in [-0.2, 0) is 21.2 Å². The molecule has 172 valence electrons. The molecule has 2 heterocycles. The summed E-state index contributed by atoms with van der Waals surface area (Å²) in [5.41, 5.74) is 2.07. The fourth-order valence-electron chi connectivity index (χ4n) is 4.57. The smallest absolute Gasteiger partial charge is 0.264 e. The average molecular weight is 458 g/mol. The average Bonchev–Trinajstić information content (AvgIpc) is 2.82. The van der Waals surface area contributed by atoms with Crippen molar-refractivity contribution in [3.05, 3.63) is 53.6 Å². The fourth-order valence-corrected chi connectivity index (χ4v) is 6.39. The molecule has 0 amide bonds. The highest BCUT2D eigenvalue weighted by Gasteiger charge is 2.35. The van der Waals surface area contributed by atoms with Gasteiger partial charge in [-0.2, -0.15) is 0 Å². The number of anilines is 1. The fraction of sp³-hybridized carbons (Fsp3) is 0.480. The van der Waals surface area contributed by atoms with E-state index in [9.17, 15) is 13.2 Å². The molecular formula is C25H31NO5S. The molecule has 2 aliphatic heterocycles. The molecule has 0 aliphatic carbocycles. The van der Waals surface area contributed by atoms with Crippen LogP contribution in [0.3, 0.4) is 0 Å². The third-order valence-electron chi connectivity index (χ3n) is 6.48. The van der Waals surface area contributed by atoms with Crippen molar-refractivity contribution >= 4 is 21.5 Å². The highest BCUT2D eigenvalue weighted by atomic mass is 32.2. The number of rotatable bonds is 7. The number of aryl methyl sites for hydroxylation is 1. The van der Waals surface area contributed by atoms with E-state index in [1.54, 1.807) is 16.4 Å². The third-order valence-corrected chi connectivity index (χ3v) is 8.34. The predicted octanol–water partition coefficient (Wildman–Crippen LogP) is 4.61. The SMILES string of the molecule is CCC1CCc2ccccc2N1S(=O)(=O)c1ccc(OCC2CCOCC2)c(C(C)=O)c1. The van der Waals surface area contributed by atoms with Crippen molar-refractivity contribution in [2.75, 3.05) is 24.1 Å². The van der Waals surface area contributed by atoms with Gasteiger partial charge in [-0.25, -0.2) is 8.42 Å². The summed E-state index contributed by atoms with van der Waals surface area (Å²) in [6.07, 6.45) is 4.21. The number of hydrogen-bond acceptors (Lipinski definition) is 5. The summed E-state index contributed by atoms with van der Waals surface area (Å²) in [7, 11) is -3.84. The van der Waals surface area contributed by atoms with Crippen molar-refractivity contribution < 1.29 is 22.7 Å². The van der Waals surface area contributed by atoms with Crippen LogP contribution in [0.15, 0.2) is 47.4 Å². The maximum absolute atomic E-state index is 13.8. The molecule has 1 unspecified atom stereocenters. The second-order valence-electron chi connectivity index (χ2n) is 8.61. The number of carbonyl (C=O) groups excluding carboxylic acids is 1. The van der Waals surface area contributed by atoms with Gasteiger partial charge in [-0.3, -0.25) is 9.10 Å². The van der Waals surface area contributed by atoms with Gasteiger partial charge in [0.15, 0.2) is 5.78 Å². The largest absolute Gasteiger partial charge is 0.493 e. The van der Waals surface area contributed by atoms with E-state index in [0.29, 0.717) is 23.8 Å². The Morgan fingerprint density at radius 2 is 1.88 bits per heavy atom. The molecule has 7 heteroatoms. The molecular weight excluding hydrogens is 426 g/mol. The van der Waals surface area contributed by atoms with E-state index in [1.165, 1.54) is 13.0 Å². The Morgan fingerprint density at radius 3 is 2.59 bits per heavy atom. The number of nitrogens with zero attached hydrogens (tertiary/aromatic N) is 1. The summed E-state index contributed by atoms with van der Waals surface area (Å²) >= 11 is 0. The summed E-state index contributed by atoms with van der Waals surface area (Å²) in [5, 5.41) is 0. The summed E-state index contributed by atoms with van der Waals surface area (Å²) in [6.45, 7) is 5.39. The highest BCUT2D eigenvalue weighted by molar-refractivity contribution is 7.92. The van der Waals surface area contributed by atoms with Crippen LogP contribution in [-0.4, -0.2) is 40.1 Å². The minimum absolute atomic E-state index is 0.111. The molecule has 0 bridgehead atoms. The number of para-hydroxylation sites is 1. The second-order valence-corrected chi connectivity index (χ2v) is 10.4. The van der Waals surface area contributed by atoms with Gasteiger partial charge < -0.3 is 9.47 Å². The Morgan fingerprint density at radius 1 is 1.12 bits per heavy atom. The maximum atomic E-state index is 13.8. The first-order valence-electron chi connectivity index (χ1n) is 11.4. The van der Waals surface area contributed by atoms with Crippen molar-refractivity contribution in [1.82, 2.24) is 0 Å². The van der Waals surface area contributed by atoms with Crippen LogP contribution in [0.25, 0.3) is 0 Å². The lowest BCUT2D eigenvalue weighted by molar-refractivity contribution is 0.0495. The van der Waals surface area contributed by atoms with Gasteiger partial charge >= 0.3 is 0 Å². The highest BCUT2D eigenvalue weighted by Crippen LogP contribution is 2.37. The van der Waals surface area contributed by atoms with E-state index < -0.39 is 10.0 Å². The van der Waals surface area contributed by atoms with Gasteiger partial charge in [-0.15, -0.1) is 0 Å². The molecule has 6 nitrogen and oxygen atoms in total. The molecule has 0 aromatic heterocycles. The van der Waals surface area contributed by atoms with Crippen LogP contribution in [0.5, 0.6) is 5.75 Å². The van der Waals surface area contributed by atoms with Crippen molar-refractivity contribution in [3.63, 3.8) is 0 Å². The Kier molecular flexibility index (Phi) is 6.86. The van der Waals surface area contributed by atoms with Gasteiger partial charge in [0, 0.05) is 19.3 Å². The monoisotopic (exact) mass is 457 g/mol. The van der Waals surface area contributed by atoms with E-state index in [1.807, 2.05) is 31.2 Å². The molecule has 1 atom stereocenters. The van der Waals surface area contributed by atoms with Crippen LogP contribution < -0.4 is 9.04 Å². The number of carbonyl (C=O) groups is 1. The first-order valence-corrected chi connectivity index (χ1v) is 12.8. The summed E-state index contributed by atoms with van der Waals surface area (Å²) in [4.78, 5) is 12.5. The Hall–Kier alpha value is -2.38. The standard InChI is InChI=1S/C25H31NO5S/c1-3-21-9-8-20-6-4-5-7-24(20)26(21)32(28,29)22-10-11-25(23(16-22)18(2)27)31-17-19-12-14-30-15-13-19/h4-7,10-11,16,19,21H,3,8-9,12-15,17H2,1-2H3. The molecule has 1 saturated heterocycles. The van der Waals surface area contributed by atoms with Gasteiger partial charge in [0.1, 0.15) is 5.75 Å². The van der Waals surface area contributed by atoms with Gasteiger partial charge in [0.05, 0.1) is 22.8 Å². The molecule has 2 aromatic carbocycles. The maximum Gasteiger partial charge on any atom is 0.264 e. The topological polar surface area (TPSA) is 72.9 Å². The van der Waals surface area contributed by atoms with Crippen LogP contribution in [0.2, 0.25) is 0 Å². The summed E-state index contributed by atoms with van der Waals surface area (Å²) < 4.78 is 40.4. The van der Waals surface area contributed by atoms with Crippen LogP contribution in [0.1, 0.15) is 55.5 Å². The van der Waals surface area contributed by atoms with E-state index in [0.717, 1.165) is 56.6 Å². The van der Waals surface area contributed by atoms with Gasteiger partial charge in [-0.1, -0.05) is 25.1 Å². The zero-order chi connectivity index (χ0) is 22.7. The summed E-state index contributed by atoms with van der Waals surface area (Å²) in [5.74, 6) is 0.603. The minimum atomic E-state index is -3.84. The quantitative estimate of drug-likeness (QED) is 0.568. The first-order chi connectivity index (χ1) is 15.4. The number of benzene rings is 2. The molecule has 32 heavy (non-hydrogen) atoms.